The van der Waals surface area contributed by atoms with Gasteiger partial charge in [0.15, 0.2) is 5.65 Å². The van der Waals surface area contributed by atoms with Crippen LogP contribution in [0.3, 0.4) is 0 Å². The van der Waals surface area contributed by atoms with Gasteiger partial charge in [-0.25, -0.2) is 9.97 Å². The van der Waals surface area contributed by atoms with E-state index >= 15 is 0 Å². The quantitative estimate of drug-likeness (QED) is 0.364. The molecule has 0 spiro atoms. The van der Waals surface area contributed by atoms with Crippen LogP contribution >= 0.6 is 11.6 Å². The van der Waals surface area contributed by atoms with Crippen molar-refractivity contribution in [1.29, 1.82) is 0 Å². The molecule has 1 saturated heterocycles. The molecule has 0 atom stereocenters. The molecule has 4 aromatic rings. The van der Waals surface area contributed by atoms with Crippen LogP contribution in [0.4, 0.5) is 11.8 Å². The van der Waals surface area contributed by atoms with Gasteiger partial charge in [-0.05, 0) is 29.8 Å². The van der Waals surface area contributed by atoms with Gasteiger partial charge < -0.3 is 15.4 Å². The van der Waals surface area contributed by atoms with Gasteiger partial charge in [-0.1, -0.05) is 29.8 Å². The number of nitrogens with zero attached hydrogens (tertiary/aromatic N) is 5. The van der Waals surface area contributed by atoms with E-state index in [1.54, 1.807) is 6.20 Å². The minimum absolute atomic E-state index is 0.579. The molecule has 3 N–H and O–H groups in total. The first-order valence-corrected chi connectivity index (χ1v) is 11.3. The average Bonchev–Trinajstić information content (AvgIpc) is 3.27. The Morgan fingerprint density at radius 3 is 2.82 bits per heavy atom. The Morgan fingerprint density at radius 1 is 1.06 bits per heavy atom. The van der Waals surface area contributed by atoms with E-state index in [2.05, 4.69) is 35.7 Å². The molecule has 1 fully saturated rings. The van der Waals surface area contributed by atoms with Crippen LogP contribution in [0.15, 0.2) is 48.7 Å². The predicted molar refractivity (Wildman–Crippen MR) is 129 cm³/mol. The van der Waals surface area contributed by atoms with E-state index in [4.69, 9.17) is 21.3 Å². The molecule has 0 radical (unpaired) electrons. The Bertz CT molecular complexity index is 1220. The number of halogens is 1. The lowest BCUT2D eigenvalue weighted by Crippen LogP contribution is -2.39. The lowest BCUT2D eigenvalue weighted by atomic mass is 10.2. The van der Waals surface area contributed by atoms with Crippen LogP contribution in [0.1, 0.15) is 5.56 Å². The fourth-order valence-electron chi connectivity index (χ4n) is 3.75. The number of hydrogen-bond acceptors (Lipinski definition) is 8. The van der Waals surface area contributed by atoms with Gasteiger partial charge in [0.25, 0.3) is 0 Å². The SMILES string of the molecule is Clc1cccc(CNc2cccc(-c3n[nH]c4nc(NCCN5CCOCC5)ncc34)n2)c1. The van der Waals surface area contributed by atoms with Gasteiger partial charge in [0, 0.05) is 43.9 Å². The second-order valence-corrected chi connectivity index (χ2v) is 8.24. The van der Waals surface area contributed by atoms with E-state index in [0.717, 1.165) is 67.5 Å². The molecule has 1 aromatic carbocycles. The van der Waals surface area contributed by atoms with Crippen molar-refractivity contribution in [2.24, 2.45) is 0 Å². The van der Waals surface area contributed by atoms with Gasteiger partial charge in [-0.2, -0.15) is 10.1 Å². The second kappa shape index (κ2) is 10.1. The van der Waals surface area contributed by atoms with E-state index in [-0.39, 0.29) is 0 Å². The van der Waals surface area contributed by atoms with E-state index < -0.39 is 0 Å². The van der Waals surface area contributed by atoms with Gasteiger partial charge in [0.2, 0.25) is 5.95 Å². The first-order chi connectivity index (χ1) is 16.2. The van der Waals surface area contributed by atoms with Crippen LogP contribution < -0.4 is 10.6 Å². The Balaban J connectivity index is 1.25. The Hall–Kier alpha value is -3.27. The zero-order valence-corrected chi connectivity index (χ0v) is 18.8. The summed E-state index contributed by atoms with van der Waals surface area (Å²) >= 11 is 6.07. The van der Waals surface area contributed by atoms with Crippen LogP contribution in [0.2, 0.25) is 5.02 Å². The molecule has 33 heavy (non-hydrogen) atoms. The van der Waals surface area contributed by atoms with Crippen molar-refractivity contribution in [1.82, 2.24) is 30.0 Å². The Labute approximate surface area is 196 Å². The molecular weight excluding hydrogens is 440 g/mol. The number of morpholine rings is 1. The van der Waals surface area contributed by atoms with Crippen LogP contribution in [-0.4, -0.2) is 69.4 Å². The maximum atomic E-state index is 6.07. The molecule has 4 heterocycles. The predicted octanol–water partition coefficient (Wildman–Crippen LogP) is 3.42. The number of aromatic amines is 1. The highest BCUT2D eigenvalue weighted by Gasteiger charge is 2.13. The Morgan fingerprint density at radius 2 is 1.94 bits per heavy atom. The number of aromatic nitrogens is 5. The van der Waals surface area contributed by atoms with E-state index in [0.29, 0.717) is 23.2 Å². The number of hydrogen-bond donors (Lipinski definition) is 3. The van der Waals surface area contributed by atoms with Crippen LogP contribution in [0.25, 0.3) is 22.4 Å². The van der Waals surface area contributed by atoms with Crippen molar-refractivity contribution in [3.8, 4) is 11.4 Å². The summed E-state index contributed by atoms with van der Waals surface area (Å²) in [6, 6.07) is 13.6. The summed E-state index contributed by atoms with van der Waals surface area (Å²) in [5.41, 5.74) is 3.22. The van der Waals surface area contributed by atoms with Gasteiger partial charge in [-0.3, -0.25) is 10.00 Å². The Kier molecular flexibility index (Phi) is 6.61. The third kappa shape index (κ3) is 5.39. The highest BCUT2D eigenvalue weighted by atomic mass is 35.5. The largest absolute Gasteiger partial charge is 0.379 e. The van der Waals surface area contributed by atoms with Crippen LogP contribution in [0.5, 0.6) is 0 Å². The summed E-state index contributed by atoms with van der Waals surface area (Å²) in [6.45, 7) is 5.85. The summed E-state index contributed by atoms with van der Waals surface area (Å²) in [7, 11) is 0. The van der Waals surface area contributed by atoms with Crippen molar-refractivity contribution in [2.75, 3.05) is 50.0 Å². The summed E-state index contributed by atoms with van der Waals surface area (Å²) in [4.78, 5) is 16.1. The summed E-state index contributed by atoms with van der Waals surface area (Å²) < 4.78 is 5.38. The van der Waals surface area contributed by atoms with E-state index in [9.17, 15) is 0 Å². The topological polar surface area (TPSA) is 104 Å². The summed E-state index contributed by atoms with van der Waals surface area (Å²) in [5, 5.41) is 15.6. The molecule has 170 valence electrons. The number of ether oxygens (including phenoxy) is 1. The molecule has 5 rings (SSSR count). The highest BCUT2D eigenvalue weighted by molar-refractivity contribution is 6.30. The zero-order chi connectivity index (χ0) is 22.5. The number of benzene rings is 1. The van der Waals surface area contributed by atoms with Gasteiger partial charge in [0.1, 0.15) is 11.5 Å². The fourth-order valence-corrected chi connectivity index (χ4v) is 3.96. The normalized spacial score (nSPS) is 14.5. The smallest absolute Gasteiger partial charge is 0.224 e. The van der Waals surface area contributed by atoms with Gasteiger partial charge in [-0.15, -0.1) is 0 Å². The van der Waals surface area contributed by atoms with E-state index in [1.165, 1.54) is 0 Å². The summed E-state index contributed by atoms with van der Waals surface area (Å²) in [6.07, 6.45) is 1.78. The third-order valence-corrected chi connectivity index (χ3v) is 5.72. The molecule has 9 nitrogen and oxygen atoms in total. The van der Waals surface area contributed by atoms with Gasteiger partial charge >= 0.3 is 0 Å². The maximum Gasteiger partial charge on any atom is 0.224 e. The second-order valence-electron chi connectivity index (χ2n) is 7.80. The number of pyridine rings is 1. The standard InChI is InChI=1S/C23H25ClN8O/c24-17-4-1-3-16(13-17)14-26-20-6-2-5-19(28-20)21-18-15-27-23(29-22(18)31-30-21)25-7-8-32-9-11-33-12-10-32/h1-6,13,15H,7-12,14H2,(H,26,28)(H2,25,27,29,30,31). The lowest BCUT2D eigenvalue weighted by Gasteiger charge is -2.26. The number of H-pyrrole nitrogens is 1. The molecule has 0 amide bonds. The van der Waals surface area contributed by atoms with Crippen molar-refractivity contribution in [2.45, 2.75) is 6.54 Å². The molecular formula is C23H25ClN8O. The molecule has 1 aliphatic heterocycles. The molecule has 0 saturated carbocycles. The molecule has 3 aromatic heterocycles. The van der Waals surface area contributed by atoms with Crippen molar-refractivity contribution >= 4 is 34.4 Å². The van der Waals surface area contributed by atoms with Crippen LogP contribution in [0, 0.1) is 0 Å². The fraction of sp³-hybridized carbons (Fsp3) is 0.304. The minimum Gasteiger partial charge on any atom is -0.379 e. The molecule has 0 aliphatic carbocycles. The average molecular weight is 465 g/mol. The number of nitrogens with one attached hydrogen (secondary N) is 3. The first kappa shape index (κ1) is 21.6. The number of anilines is 2. The molecule has 1 aliphatic rings. The van der Waals surface area contributed by atoms with Crippen molar-refractivity contribution < 1.29 is 4.74 Å². The molecule has 0 bridgehead atoms. The van der Waals surface area contributed by atoms with Crippen molar-refractivity contribution in [3.05, 3.63) is 59.2 Å². The number of rotatable bonds is 8. The first-order valence-electron chi connectivity index (χ1n) is 11.0. The van der Waals surface area contributed by atoms with Crippen molar-refractivity contribution in [3.63, 3.8) is 0 Å². The third-order valence-electron chi connectivity index (χ3n) is 5.49. The maximum absolute atomic E-state index is 6.07. The minimum atomic E-state index is 0.579. The highest BCUT2D eigenvalue weighted by Crippen LogP contribution is 2.25. The molecule has 0 unspecified atom stereocenters. The lowest BCUT2D eigenvalue weighted by molar-refractivity contribution is 0.0398. The van der Waals surface area contributed by atoms with Crippen LogP contribution in [-0.2, 0) is 11.3 Å². The zero-order valence-electron chi connectivity index (χ0n) is 18.1. The monoisotopic (exact) mass is 464 g/mol. The number of fused-ring (bicyclic) bond motifs is 1. The van der Waals surface area contributed by atoms with Gasteiger partial charge in [0.05, 0.1) is 24.3 Å². The van der Waals surface area contributed by atoms with E-state index in [1.807, 2.05) is 42.5 Å². The molecule has 10 heteroatoms. The summed E-state index contributed by atoms with van der Waals surface area (Å²) in [5.74, 6) is 1.34.